The highest BCUT2D eigenvalue weighted by atomic mass is 79.9. The van der Waals surface area contributed by atoms with Crippen LogP contribution in [0.15, 0.2) is 45.1 Å². The molecule has 0 aliphatic carbocycles. The van der Waals surface area contributed by atoms with Crippen molar-refractivity contribution in [2.24, 2.45) is 0 Å². The van der Waals surface area contributed by atoms with Crippen molar-refractivity contribution in [3.05, 3.63) is 50.6 Å². The van der Waals surface area contributed by atoms with Gasteiger partial charge in [0.25, 0.3) is 0 Å². The minimum Gasteiger partial charge on any atom is -0.391 e. The normalized spacial score (nSPS) is 12.0. The first kappa shape index (κ1) is 15.7. The van der Waals surface area contributed by atoms with Crippen LogP contribution in [0.25, 0.3) is 0 Å². The lowest BCUT2D eigenvalue weighted by atomic mass is 10.2. The lowest BCUT2D eigenvalue weighted by molar-refractivity contribution is 0.285. The zero-order valence-electron chi connectivity index (χ0n) is 10.8. The van der Waals surface area contributed by atoms with E-state index in [0.717, 1.165) is 10.0 Å². The summed E-state index contributed by atoms with van der Waals surface area (Å²) in [6.07, 6.45) is 0. The fourth-order valence-corrected chi connectivity index (χ4v) is 4.46. The summed E-state index contributed by atoms with van der Waals surface area (Å²) in [6.45, 7) is 0.154. The summed E-state index contributed by atoms with van der Waals surface area (Å²) in [4.78, 5) is 0.864. The molecule has 2 rings (SSSR count). The lowest BCUT2D eigenvalue weighted by Crippen LogP contribution is -2.26. The highest BCUT2D eigenvalue weighted by molar-refractivity contribution is 9.10. The number of nitrogens with zero attached hydrogens (tertiary/aromatic N) is 1. The first-order valence-electron chi connectivity index (χ1n) is 5.82. The van der Waals surface area contributed by atoms with E-state index in [1.807, 2.05) is 24.3 Å². The van der Waals surface area contributed by atoms with Gasteiger partial charge < -0.3 is 5.11 Å². The average molecular weight is 376 g/mol. The predicted molar refractivity (Wildman–Crippen MR) is 83.0 cm³/mol. The summed E-state index contributed by atoms with van der Waals surface area (Å²) >= 11 is 4.61. The molecular formula is C13H14BrNO3S2. The van der Waals surface area contributed by atoms with E-state index in [2.05, 4.69) is 15.9 Å². The van der Waals surface area contributed by atoms with Crippen LogP contribution in [0.3, 0.4) is 0 Å². The van der Waals surface area contributed by atoms with Crippen LogP contribution in [-0.4, -0.2) is 24.9 Å². The van der Waals surface area contributed by atoms with Crippen LogP contribution < -0.4 is 0 Å². The van der Waals surface area contributed by atoms with Crippen LogP contribution in [0.4, 0.5) is 0 Å². The minimum atomic E-state index is -3.52. The highest BCUT2D eigenvalue weighted by Crippen LogP contribution is 2.23. The molecule has 2 aromatic rings. The number of benzene rings is 1. The van der Waals surface area contributed by atoms with Gasteiger partial charge in [0.15, 0.2) is 0 Å². The van der Waals surface area contributed by atoms with Crippen molar-refractivity contribution in [1.82, 2.24) is 4.31 Å². The van der Waals surface area contributed by atoms with Gasteiger partial charge in [-0.2, -0.15) is 4.31 Å². The Balaban J connectivity index is 2.21. The Labute approximate surface area is 130 Å². The maximum absolute atomic E-state index is 12.4. The fraction of sp³-hybridized carbons (Fsp3) is 0.231. The minimum absolute atomic E-state index is 0.143. The quantitative estimate of drug-likeness (QED) is 0.873. The second-order valence-electron chi connectivity index (χ2n) is 4.30. The molecule has 0 fully saturated rings. The van der Waals surface area contributed by atoms with Crippen molar-refractivity contribution >= 4 is 37.3 Å². The number of thiophene rings is 1. The Bertz CT molecular complexity index is 697. The van der Waals surface area contributed by atoms with Gasteiger partial charge in [0.05, 0.1) is 11.5 Å². The van der Waals surface area contributed by atoms with E-state index >= 15 is 0 Å². The Morgan fingerprint density at radius 3 is 2.70 bits per heavy atom. The molecule has 20 heavy (non-hydrogen) atoms. The molecule has 0 radical (unpaired) electrons. The van der Waals surface area contributed by atoms with Gasteiger partial charge in [0, 0.05) is 28.3 Å². The molecule has 0 saturated heterocycles. The Morgan fingerprint density at radius 2 is 2.10 bits per heavy atom. The average Bonchev–Trinajstić information content (AvgIpc) is 2.88. The maximum atomic E-state index is 12.4. The van der Waals surface area contributed by atoms with Crippen LogP contribution >= 0.6 is 27.3 Å². The smallest absolute Gasteiger partial charge is 0.243 e. The molecule has 0 saturated carbocycles. The standard InChI is InChI=1S/C13H14BrNO3S2/c1-15(7-10-3-2-4-11(14)5-10)20(17,18)13-6-12(8-16)19-9-13/h2-6,9,16H,7-8H2,1H3. The zero-order valence-corrected chi connectivity index (χ0v) is 14.0. The number of aliphatic hydroxyl groups is 1. The molecule has 0 amide bonds. The summed E-state index contributed by atoms with van der Waals surface area (Å²) in [5.41, 5.74) is 0.906. The van der Waals surface area contributed by atoms with E-state index in [0.29, 0.717) is 11.4 Å². The van der Waals surface area contributed by atoms with Crippen LogP contribution in [-0.2, 0) is 23.2 Å². The Morgan fingerprint density at radius 1 is 1.35 bits per heavy atom. The maximum Gasteiger partial charge on any atom is 0.243 e. The van der Waals surface area contributed by atoms with Gasteiger partial charge in [0.1, 0.15) is 0 Å². The van der Waals surface area contributed by atoms with Gasteiger partial charge in [-0.15, -0.1) is 11.3 Å². The molecular weight excluding hydrogens is 362 g/mol. The van der Waals surface area contributed by atoms with Crippen molar-refractivity contribution in [3.8, 4) is 0 Å². The van der Waals surface area contributed by atoms with E-state index in [1.54, 1.807) is 12.4 Å². The summed E-state index contributed by atoms with van der Waals surface area (Å²) in [6, 6.07) is 9.04. The van der Waals surface area contributed by atoms with Gasteiger partial charge in [-0.3, -0.25) is 0 Å². The largest absolute Gasteiger partial charge is 0.391 e. The monoisotopic (exact) mass is 375 g/mol. The molecule has 0 aliphatic heterocycles. The molecule has 0 spiro atoms. The first-order valence-corrected chi connectivity index (χ1v) is 8.94. The Kier molecular flexibility index (Phi) is 4.98. The van der Waals surface area contributed by atoms with Crippen molar-refractivity contribution in [3.63, 3.8) is 0 Å². The summed E-state index contributed by atoms with van der Waals surface area (Å²) in [5, 5.41) is 10.6. The molecule has 0 bridgehead atoms. The molecule has 1 heterocycles. The van der Waals surface area contributed by atoms with E-state index < -0.39 is 10.0 Å². The summed E-state index contributed by atoms with van der Waals surface area (Å²) in [7, 11) is -1.97. The molecule has 108 valence electrons. The van der Waals surface area contributed by atoms with Crippen molar-refractivity contribution in [2.45, 2.75) is 18.0 Å². The molecule has 1 aromatic heterocycles. The molecule has 1 N–H and O–H groups in total. The van der Waals surface area contributed by atoms with Crippen LogP contribution in [0.2, 0.25) is 0 Å². The van der Waals surface area contributed by atoms with Gasteiger partial charge >= 0.3 is 0 Å². The molecule has 1 aromatic carbocycles. The molecule has 4 nitrogen and oxygen atoms in total. The molecule has 0 atom stereocenters. The fourth-order valence-electron chi connectivity index (χ4n) is 1.74. The Hall–Kier alpha value is -0.730. The molecule has 0 aliphatic rings. The zero-order chi connectivity index (χ0) is 14.8. The van der Waals surface area contributed by atoms with Crippen LogP contribution in [0.1, 0.15) is 10.4 Å². The van der Waals surface area contributed by atoms with Crippen molar-refractivity contribution in [1.29, 1.82) is 0 Å². The second-order valence-corrected chi connectivity index (χ2v) is 8.25. The van der Waals surface area contributed by atoms with E-state index in [-0.39, 0.29) is 11.5 Å². The van der Waals surface area contributed by atoms with Crippen molar-refractivity contribution in [2.75, 3.05) is 7.05 Å². The number of sulfonamides is 1. The number of rotatable bonds is 5. The number of hydrogen-bond acceptors (Lipinski definition) is 4. The molecule has 0 unspecified atom stereocenters. The van der Waals surface area contributed by atoms with Crippen molar-refractivity contribution < 1.29 is 13.5 Å². The summed E-state index contributed by atoms with van der Waals surface area (Å²) < 4.78 is 27.0. The predicted octanol–water partition coefficient (Wildman–Crippen LogP) is 2.82. The first-order chi connectivity index (χ1) is 9.43. The van der Waals surface area contributed by atoms with E-state index in [4.69, 9.17) is 5.11 Å². The number of aliphatic hydroxyl groups excluding tert-OH is 1. The van der Waals surface area contributed by atoms with Crippen LogP contribution in [0, 0.1) is 0 Å². The van der Waals surface area contributed by atoms with E-state index in [1.165, 1.54) is 21.7 Å². The SMILES string of the molecule is CN(Cc1cccc(Br)c1)S(=O)(=O)c1csc(CO)c1. The van der Waals surface area contributed by atoms with Gasteiger partial charge in [-0.25, -0.2) is 8.42 Å². The van der Waals surface area contributed by atoms with E-state index in [9.17, 15) is 8.42 Å². The third kappa shape index (κ3) is 3.48. The third-order valence-corrected chi connectivity index (χ3v) is 6.13. The molecule has 7 heteroatoms. The summed E-state index contributed by atoms with van der Waals surface area (Å²) in [5.74, 6) is 0. The second kappa shape index (κ2) is 6.36. The van der Waals surface area contributed by atoms with Gasteiger partial charge in [0.2, 0.25) is 10.0 Å². The lowest BCUT2D eigenvalue weighted by Gasteiger charge is -2.16. The topological polar surface area (TPSA) is 57.6 Å². The highest BCUT2D eigenvalue weighted by Gasteiger charge is 2.22. The van der Waals surface area contributed by atoms with Crippen LogP contribution in [0.5, 0.6) is 0 Å². The van der Waals surface area contributed by atoms with Gasteiger partial charge in [-0.1, -0.05) is 28.1 Å². The third-order valence-electron chi connectivity index (χ3n) is 2.79. The van der Waals surface area contributed by atoms with Gasteiger partial charge in [-0.05, 0) is 23.8 Å². The number of hydrogen-bond donors (Lipinski definition) is 1. The number of halogens is 1.